The molecule has 1 heterocycles. The van der Waals surface area contributed by atoms with Crippen molar-refractivity contribution in [2.45, 2.75) is 58.7 Å². The van der Waals surface area contributed by atoms with Crippen molar-refractivity contribution >= 4 is 35.0 Å². The van der Waals surface area contributed by atoms with E-state index >= 15 is 0 Å². The number of nitrogens with zero attached hydrogens (tertiary/aromatic N) is 1. The first kappa shape index (κ1) is 22.0. The molecule has 1 aromatic carbocycles. The van der Waals surface area contributed by atoms with Gasteiger partial charge in [0.15, 0.2) is 0 Å². The van der Waals surface area contributed by atoms with Crippen LogP contribution < -0.4 is 10.6 Å². The highest BCUT2D eigenvalue weighted by atomic mass is 35.5. The number of halogens is 2. The lowest BCUT2D eigenvalue weighted by atomic mass is 9.99. The van der Waals surface area contributed by atoms with E-state index < -0.39 is 6.04 Å². The number of hydrogen-bond donors (Lipinski definition) is 2. The molecule has 27 heavy (non-hydrogen) atoms. The summed E-state index contributed by atoms with van der Waals surface area (Å²) in [6, 6.07) is 4.74. The first-order valence-corrected chi connectivity index (χ1v) is 10.2. The number of carbonyl (C=O) groups excluding carboxylic acids is 2. The van der Waals surface area contributed by atoms with Gasteiger partial charge in [-0.15, -0.1) is 0 Å². The van der Waals surface area contributed by atoms with E-state index in [-0.39, 0.29) is 28.8 Å². The molecule has 1 fully saturated rings. The molecule has 150 valence electrons. The molecular weight excluding hydrogens is 385 g/mol. The highest BCUT2D eigenvalue weighted by Crippen LogP contribution is 2.21. The van der Waals surface area contributed by atoms with E-state index in [9.17, 15) is 9.59 Å². The Morgan fingerprint density at radius 3 is 2.26 bits per heavy atom. The Labute approximate surface area is 171 Å². The third-order valence-electron chi connectivity index (χ3n) is 5.02. The lowest BCUT2D eigenvalue weighted by molar-refractivity contribution is -0.125. The van der Waals surface area contributed by atoms with Gasteiger partial charge < -0.3 is 15.5 Å². The second-order valence-electron chi connectivity index (χ2n) is 7.73. The van der Waals surface area contributed by atoms with Gasteiger partial charge in [0.05, 0.1) is 10.6 Å². The fraction of sp³-hybridized carbons (Fsp3) is 0.600. The monoisotopic (exact) mass is 413 g/mol. The minimum absolute atomic E-state index is 0.0456. The summed E-state index contributed by atoms with van der Waals surface area (Å²) in [6.07, 6.45) is 1.84. The zero-order valence-electron chi connectivity index (χ0n) is 16.4. The third-order valence-corrected chi connectivity index (χ3v) is 5.57. The largest absolute Gasteiger partial charge is 0.351 e. The molecule has 1 atom stereocenters. The van der Waals surface area contributed by atoms with Gasteiger partial charge in [-0.3, -0.25) is 9.59 Å². The molecule has 0 aromatic heterocycles. The Hall–Kier alpha value is -1.30. The average molecular weight is 414 g/mol. The Morgan fingerprint density at radius 1 is 1.11 bits per heavy atom. The lowest BCUT2D eigenvalue weighted by Gasteiger charge is -2.35. The Kier molecular flexibility index (Phi) is 7.95. The van der Waals surface area contributed by atoms with E-state index in [1.54, 1.807) is 12.1 Å². The summed E-state index contributed by atoms with van der Waals surface area (Å²) in [5.41, 5.74) is 0.310. The van der Waals surface area contributed by atoms with Crippen LogP contribution >= 0.6 is 23.2 Å². The zero-order chi connectivity index (χ0) is 20.1. The number of carbonyl (C=O) groups is 2. The minimum Gasteiger partial charge on any atom is -0.351 e. The van der Waals surface area contributed by atoms with E-state index in [0.717, 1.165) is 25.9 Å². The first-order valence-electron chi connectivity index (χ1n) is 9.49. The summed E-state index contributed by atoms with van der Waals surface area (Å²) >= 11 is 12.0. The van der Waals surface area contributed by atoms with Crippen LogP contribution in [0.4, 0.5) is 0 Å². The van der Waals surface area contributed by atoms with Crippen molar-refractivity contribution in [1.29, 1.82) is 0 Å². The fourth-order valence-corrected chi connectivity index (χ4v) is 3.77. The number of likely N-dealkylation sites (tertiary alicyclic amines) is 1. The number of piperidine rings is 1. The summed E-state index contributed by atoms with van der Waals surface area (Å²) in [6.45, 7) is 10.1. The van der Waals surface area contributed by atoms with Gasteiger partial charge in [0.1, 0.15) is 6.04 Å². The molecule has 0 unspecified atom stereocenters. The molecule has 2 rings (SSSR count). The van der Waals surface area contributed by atoms with Gasteiger partial charge in [-0.25, -0.2) is 0 Å². The van der Waals surface area contributed by atoms with Gasteiger partial charge >= 0.3 is 0 Å². The molecule has 0 spiro atoms. The fourth-order valence-electron chi connectivity index (χ4n) is 3.28. The van der Waals surface area contributed by atoms with Crippen LogP contribution in [-0.4, -0.2) is 47.9 Å². The van der Waals surface area contributed by atoms with Crippen molar-refractivity contribution in [3.05, 3.63) is 33.8 Å². The van der Waals surface area contributed by atoms with Crippen LogP contribution in [0.2, 0.25) is 10.0 Å². The maximum atomic E-state index is 12.8. The van der Waals surface area contributed by atoms with Gasteiger partial charge in [-0.1, -0.05) is 37.0 Å². The molecule has 5 nitrogen and oxygen atoms in total. The maximum absolute atomic E-state index is 12.8. The highest BCUT2D eigenvalue weighted by molar-refractivity contribution is 6.36. The lowest BCUT2D eigenvalue weighted by Crippen LogP contribution is -2.54. The molecule has 0 radical (unpaired) electrons. The summed E-state index contributed by atoms with van der Waals surface area (Å²) < 4.78 is 0. The van der Waals surface area contributed by atoms with E-state index in [1.165, 1.54) is 6.07 Å². The number of amides is 2. The number of benzene rings is 1. The molecule has 0 saturated carbocycles. The Balaban J connectivity index is 1.98. The van der Waals surface area contributed by atoms with Crippen LogP contribution in [0.25, 0.3) is 0 Å². The van der Waals surface area contributed by atoms with Crippen molar-refractivity contribution in [2.24, 2.45) is 5.92 Å². The second kappa shape index (κ2) is 9.76. The van der Waals surface area contributed by atoms with E-state index in [0.29, 0.717) is 16.6 Å². The van der Waals surface area contributed by atoms with Gasteiger partial charge in [0.2, 0.25) is 5.91 Å². The van der Waals surface area contributed by atoms with E-state index in [4.69, 9.17) is 23.2 Å². The number of hydrogen-bond acceptors (Lipinski definition) is 3. The van der Waals surface area contributed by atoms with Crippen molar-refractivity contribution in [3.8, 4) is 0 Å². The highest BCUT2D eigenvalue weighted by Gasteiger charge is 2.29. The van der Waals surface area contributed by atoms with E-state index in [2.05, 4.69) is 29.4 Å². The Bertz CT molecular complexity index is 671. The van der Waals surface area contributed by atoms with E-state index in [1.807, 2.05) is 13.8 Å². The number of rotatable bonds is 6. The number of nitrogens with one attached hydrogen (secondary N) is 2. The summed E-state index contributed by atoms with van der Waals surface area (Å²) in [5, 5.41) is 6.65. The van der Waals surface area contributed by atoms with Crippen molar-refractivity contribution < 1.29 is 9.59 Å². The maximum Gasteiger partial charge on any atom is 0.253 e. The first-order chi connectivity index (χ1) is 12.7. The third kappa shape index (κ3) is 6.09. The van der Waals surface area contributed by atoms with Crippen LogP contribution in [0.3, 0.4) is 0 Å². The molecule has 2 amide bonds. The molecule has 1 saturated heterocycles. The molecule has 0 bridgehead atoms. The van der Waals surface area contributed by atoms with Gasteiger partial charge in [0.25, 0.3) is 5.91 Å². The molecule has 2 N–H and O–H groups in total. The zero-order valence-corrected chi connectivity index (χ0v) is 17.9. The van der Waals surface area contributed by atoms with Gasteiger partial charge in [-0.05, 0) is 50.8 Å². The molecule has 1 aliphatic heterocycles. The normalized spacial score (nSPS) is 17.2. The molecule has 0 aliphatic carbocycles. The predicted molar refractivity (Wildman–Crippen MR) is 110 cm³/mol. The van der Waals surface area contributed by atoms with Crippen LogP contribution in [0.1, 0.15) is 50.9 Å². The molecule has 1 aliphatic rings. The summed E-state index contributed by atoms with van der Waals surface area (Å²) in [5.74, 6) is -0.567. The van der Waals surface area contributed by atoms with Crippen molar-refractivity contribution in [2.75, 3.05) is 13.1 Å². The molecule has 1 aromatic rings. The van der Waals surface area contributed by atoms with Gasteiger partial charge in [-0.2, -0.15) is 0 Å². The SMILES string of the molecule is CC(C)[C@H](NC(=O)c1ccc(Cl)cc1Cl)C(=O)NC1CCN(C(C)C)CC1. The second-order valence-corrected chi connectivity index (χ2v) is 8.58. The van der Waals surface area contributed by atoms with Crippen LogP contribution in [-0.2, 0) is 4.79 Å². The van der Waals surface area contributed by atoms with Gasteiger partial charge in [0, 0.05) is 30.2 Å². The van der Waals surface area contributed by atoms with Crippen LogP contribution in [0.15, 0.2) is 18.2 Å². The van der Waals surface area contributed by atoms with Crippen molar-refractivity contribution in [3.63, 3.8) is 0 Å². The predicted octanol–water partition coefficient (Wildman–Crippen LogP) is 3.74. The standard InChI is InChI=1S/C20H29Cl2N3O2/c1-12(2)18(24-19(26)16-6-5-14(21)11-17(16)22)20(27)23-15-7-9-25(10-8-15)13(3)4/h5-6,11-13,15,18H,7-10H2,1-4H3,(H,23,27)(H,24,26)/t18-/m0/s1. The quantitative estimate of drug-likeness (QED) is 0.746. The average Bonchev–Trinajstić information content (AvgIpc) is 2.59. The van der Waals surface area contributed by atoms with Crippen LogP contribution in [0, 0.1) is 5.92 Å². The topological polar surface area (TPSA) is 61.4 Å². The Morgan fingerprint density at radius 2 is 1.74 bits per heavy atom. The van der Waals surface area contributed by atoms with Crippen LogP contribution in [0.5, 0.6) is 0 Å². The minimum atomic E-state index is -0.618. The summed E-state index contributed by atoms with van der Waals surface area (Å²) in [7, 11) is 0. The summed E-state index contributed by atoms with van der Waals surface area (Å²) in [4.78, 5) is 27.8. The van der Waals surface area contributed by atoms with Crippen molar-refractivity contribution in [1.82, 2.24) is 15.5 Å². The molecule has 7 heteroatoms. The smallest absolute Gasteiger partial charge is 0.253 e. The molecular formula is C20H29Cl2N3O2.